The number of amides is 2. The molecule has 1 aliphatic rings. The first kappa shape index (κ1) is 21.4. The Labute approximate surface area is 168 Å². The molecule has 3 N–H and O–H groups in total. The van der Waals surface area contributed by atoms with E-state index in [0.717, 1.165) is 32.4 Å². The van der Waals surface area contributed by atoms with Gasteiger partial charge in [0.05, 0.1) is 6.54 Å². The lowest BCUT2D eigenvalue weighted by Gasteiger charge is -2.21. The van der Waals surface area contributed by atoms with Gasteiger partial charge in [0.1, 0.15) is 11.5 Å². The van der Waals surface area contributed by atoms with Gasteiger partial charge in [0, 0.05) is 18.7 Å². The van der Waals surface area contributed by atoms with Crippen molar-refractivity contribution in [3.05, 3.63) is 23.3 Å². The molecule has 2 amide bonds. The topological polar surface area (TPSA) is 96.3 Å². The number of anilines is 1. The molecule has 9 heteroatoms. The van der Waals surface area contributed by atoms with Crippen molar-refractivity contribution in [3.63, 3.8) is 0 Å². The molecule has 7 nitrogen and oxygen atoms in total. The zero-order valence-corrected chi connectivity index (χ0v) is 16.9. The van der Waals surface area contributed by atoms with E-state index in [1.807, 2.05) is 17.5 Å². The van der Waals surface area contributed by atoms with Gasteiger partial charge in [-0.25, -0.2) is 4.98 Å². The van der Waals surface area contributed by atoms with Crippen LogP contribution in [-0.4, -0.2) is 29.9 Å². The van der Waals surface area contributed by atoms with Gasteiger partial charge in [-0.3, -0.25) is 9.59 Å². The van der Waals surface area contributed by atoms with Gasteiger partial charge in [-0.1, -0.05) is 0 Å². The molecule has 1 saturated heterocycles. The van der Waals surface area contributed by atoms with Crippen molar-refractivity contribution in [2.24, 2.45) is 5.92 Å². The Morgan fingerprint density at radius 2 is 2.11 bits per heavy atom. The van der Waals surface area contributed by atoms with Crippen LogP contribution in [0.25, 0.3) is 11.5 Å². The number of halogens is 1. The van der Waals surface area contributed by atoms with E-state index in [2.05, 4.69) is 20.9 Å². The minimum atomic E-state index is -0.105. The molecule has 0 aliphatic carbocycles. The van der Waals surface area contributed by atoms with Crippen LogP contribution >= 0.6 is 23.7 Å². The molecule has 0 atom stereocenters. The lowest BCUT2D eigenvalue weighted by molar-refractivity contribution is -0.119. The summed E-state index contributed by atoms with van der Waals surface area (Å²) < 4.78 is 5.68. The smallest absolute Gasteiger partial charge is 0.226 e. The van der Waals surface area contributed by atoms with Crippen molar-refractivity contribution >= 4 is 40.7 Å². The van der Waals surface area contributed by atoms with Gasteiger partial charge in [0.15, 0.2) is 10.9 Å². The first-order valence-corrected chi connectivity index (χ1v) is 9.78. The lowest BCUT2D eigenvalue weighted by Crippen LogP contribution is -2.28. The van der Waals surface area contributed by atoms with Crippen molar-refractivity contribution in [2.45, 2.75) is 39.2 Å². The molecule has 0 saturated carbocycles. The quantitative estimate of drug-likeness (QED) is 0.649. The maximum absolute atomic E-state index is 12.1. The zero-order valence-electron chi connectivity index (χ0n) is 15.2. The molecule has 2 aromatic rings. The number of nitrogens with one attached hydrogen (secondary N) is 3. The number of rotatable bonds is 7. The van der Waals surface area contributed by atoms with Crippen LogP contribution in [0.3, 0.4) is 0 Å². The summed E-state index contributed by atoms with van der Waals surface area (Å²) in [4.78, 5) is 27.5. The Kier molecular flexibility index (Phi) is 8.27. The average Bonchev–Trinajstić information content (AvgIpc) is 3.28. The number of carbonyl (C=O) groups excluding carboxylic acids is 2. The van der Waals surface area contributed by atoms with E-state index in [9.17, 15) is 9.59 Å². The van der Waals surface area contributed by atoms with E-state index in [1.54, 1.807) is 0 Å². The highest BCUT2D eigenvalue weighted by Crippen LogP contribution is 2.27. The Hall–Kier alpha value is -1.90. The predicted octanol–water partition coefficient (Wildman–Crippen LogP) is 3.18. The molecule has 0 bridgehead atoms. The fourth-order valence-corrected chi connectivity index (χ4v) is 3.67. The van der Waals surface area contributed by atoms with Crippen LogP contribution in [-0.2, 0) is 16.1 Å². The zero-order chi connectivity index (χ0) is 18.4. The summed E-state index contributed by atoms with van der Waals surface area (Å²) in [7, 11) is 0. The van der Waals surface area contributed by atoms with Crippen molar-refractivity contribution < 1.29 is 14.0 Å². The largest absolute Gasteiger partial charge is 0.458 e. The summed E-state index contributed by atoms with van der Waals surface area (Å²) in [5.41, 5.74) is 0.678. The normalized spacial score (nSPS) is 14.4. The maximum Gasteiger partial charge on any atom is 0.226 e. The number of carbonyl (C=O) groups is 2. The molecule has 0 radical (unpaired) electrons. The summed E-state index contributed by atoms with van der Waals surface area (Å²) in [6.07, 6.45) is 3.75. The molecule has 0 spiro atoms. The molecule has 27 heavy (non-hydrogen) atoms. The second-order valence-corrected chi connectivity index (χ2v) is 7.35. The molecule has 2 aromatic heterocycles. The molecule has 3 heterocycles. The van der Waals surface area contributed by atoms with Crippen LogP contribution in [0.5, 0.6) is 0 Å². The first-order valence-electron chi connectivity index (χ1n) is 8.90. The first-order chi connectivity index (χ1) is 12.6. The van der Waals surface area contributed by atoms with Crippen LogP contribution in [0.2, 0.25) is 0 Å². The summed E-state index contributed by atoms with van der Waals surface area (Å²) in [5, 5.41) is 11.3. The minimum absolute atomic E-state index is 0. The molecule has 0 unspecified atom stereocenters. The summed E-state index contributed by atoms with van der Waals surface area (Å²) >= 11 is 1.38. The van der Waals surface area contributed by atoms with Crippen molar-refractivity contribution in [2.75, 3.05) is 18.4 Å². The average molecular weight is 413 g/mol. The predicted molar refractivity (Wildman–Crippen MR) is 108 cm³/mol. The number of aromatic nitrogens is 1. The number of nitrogens with zero attached hydrogens (tertiary/aromatic N) is 1. The molecule has 3 rings (SSSR count). The van der Waals surface area contributed by atoms with Crippen LogP contribution in [0.15, 0.2) is 21.9 Å². The van der Waals surface area contributed by atoms with Gasteiger partial charge >= 0.3 is 0 Å². The van der Waals surface area contributed by atoms with Crippen LogP contribution in [0, 0.1) is 5.92 Å². The fourth-order valence-electron chi connectivity index (χ4n) is 2.95. The summed E-state index contributed by atoms with van der Waals surface area (Å²) in [6, 6.07) is 3.62. The fraction of sp³-hybridized carbons (Fsp3) is 0.500. The lowest BCUT2D eigenvalue weighted by atomic mass is 9.93. The molecule has 1 aliphatic heterocycles. The minimum Gasteiger partial charge on any atom is -0.458 e. The Morgan fingerprint density at radius 3 is 2.85 bits per heavy atom. The van der Waals surface area contributed by atoms with Crippen molar-refractivity contribution in [1.82, 2.24) is 15.6 Å². The van der Waals surface area contributed by atoms with E-state index in [1.165, 1.54) is 18.3 Å². The summed E-state index contributed by atoms with van der Waals surface area (Å²) in [5.74, 6) is 1.83. The highest BCUT2D eigenvalue weighted by atomic mass is 35.5. The Balaban J connectivity index is 0.00000261. The van der Waals surface area contributed by atoms with Gasteiger partial charge in [-0.05, 0) is 50.4 Å². The second kappa shape index (κ2) is 10.4. The molecule has 1 fully saturated rings. The van der Waals surface area contributed by atoms with E-state index < -0.39 is 0 Å². The van der Waals surface area contributed by atoms with Gasteiger partial charge in [0.2, 0.25) is 11.8 Å². The Morgan fingerprint density at radius 1 is 1.33 bits per heavy atom. The third kappa shape index (κ3) is 6.64. The second-order valence-electron chi connectivity index (χ2n) is 6.49. The van der Waals surface area contributed by atoms with Crippen LogP contribution in [0.4, 0.5) is 5.13 Å². The van der Waals surface area contributed by atoms with Gasteiger partial charge < -0.3 is 20.4 Å². The van der Waals surface area contributed by atoms with Crippen LogP contribution in [0.1, 0.15) is 38.4 Å². The monoisotopic (exact) mass is 412 g/mol. The maximum atomic E-state index is 12.1. The third-order valence-electron chi connectivity index (χ3n) is 4.41. The molecule has 148 valence electrons. The number of thiazole rings is 1. The van der Waals surface area contributed by atoms with Gasteiger partial charge in [-0.15, -0.1) is 23.7 Å². The third-order valence-corrected chi connectivity index (χ3v) is 5.17. The van der Waals surface area contributed by atoms with Gasteiger partial charge in [-0.2, -0.15) is 0 Å². The number of furan rings is 1. The summed E-state index contributed by atoms with van der Waals surface area (Å²) in [6.45, 7) is 3.91. The van der Waals surface area contributed by atoms with E-state index in [-0.39, 0.29) is 24.2 Å². The number of hydrogen-bond donors (Lipinski definition) is 3. The number of hydrogen-bond acceptors (Lipinski definition) is 6. The van der Waals surface area contributed by atoms with Gasteiger partial charge in [0.25, 0.3) is 0 Å². The SMILES string of the molecule is CC(=O)NCc1ccc(-c2csc(NC(=O)CCC3CCNCC3)n2)o1.Cl. The highest BCUT2D eigenvalue weighted by molar-refractivity contribution is 7.14. The molecular formula is C18H25ClN4O3S. The van der Waals surface area contributed by atoms with E-state index >= 15 is 0 Å². The Bertz CT molecular complexity index is 755. The standard InChI is InChI=1S/C18H24N4O3S.ClH/c1-12(23)20-10-14-3-4-16(25-14)15-11-26-18(21-15)22-17(24)5-2-13-6-8-19-9-7-13;/h3-4,11,13,19H,2,5-10H2,1H3,(H,20,23)(H,21,22,24);1H. The highest BCUT2D eigenvalue weighted by Gasteiger charge is 2.16. The van der Waals surface area contributed by atoms with E-state index in [0.29, 0.717) is 41.2 Å². The van der Waals surface area contributed by atoms with Crippen molar-refractivity contribution in [1.29, 1.82) is 0 Å². The molecule has 0 aromatic carbocycles. The molecular weight excluding hydrogens is 388 g/mol. The van der Waals surface area contributed by atoms with Crippen LogP contribution < -0.4 is 16.0 Å². The van der Waals surface area contributed by atoms with Crippen molar-refractivity contribution in [3.8, 4) is 11.5 Å². The number of piperidine rings is 1. The van der Waals surface area contributed by atoms with E-state index in [4.69, 9.17) is 4.42 Å².